The number of imidazole rings is 1. The van der Waals surface area contributed by atoms with Gasteiger partial charge in [0.1, 0.15) is 5.82 Å². The summed E-state index contributed by atoms with van der Waals surface area (Å²) in [5, 5.41) is 7.04. The molecule has 0 spiro atoms. The Morgan fingerprint density at radius 2 is 1.91 bits per heavy atom. The molecular formula is C25H33IN6. The lowest BCUT2D eigenvalue weighted by molar-refractivity contribution is 0.641. The van der Waals surface area contributed by atoms with Crippen molar-refractivity contribution in [2.45, 2.75) is 32.4 Å². The predicted molar refractivity (Wildman–Crippen MR) is 143 cm³/mol. The summed E-state index contributed by atoms with van der Waals surface area (Å²) < 4.78 is 2.21. The average molecular weight is 544 g/mol. The second-order valence-corrected chi connectivity index (χ2v) is 8.12. The number of aromatic nitrogens is 2. The SMILES string of the molecule is CN=C(NCCc1nccn1Cc1ccccc1)NC1CCN(c2ccc(C)cc2)C1.I. The lowest BCUT2D eigenvalue weighted by atomic mass is 10.2. The fourth-order valence-corrected chi connectivity index (χ4v) is 4.04. The van der Waals surface area contributed by atoms with Crippen molar-refractivity contribution < 1.29 is 0 Å². The third-order valence-corrected chi connectivity index (χ3v) is 5.79. The smallest absolute Gasteiger partial charge is 0.191 e. The molecule has 2 heterocycles. The maximum atomic E-state index is 4.54. The summed E-state index contributed by atoms with van der Waals surface area (Å²) in [6.07, 6.45) is 5.88. The fourth-order valence-electron chi connectivity index (χ4n) is 4.04. The molecular weight excluding hydrogens is 511 g/mol. The molecule has 32 heavy (non-hydrogen) atoms. The van der Waals surface area contributed by atoms with Crippen molar-refractivity contribution in [3.63, 3.8) is 0 Å². The molecule has 1 aliphatic rings. The topological polar surface area (TPSA) is 57.5 Å². The Morgan fingerprint density at radius 3 is 2.66 bits per heavy atom. The van der Waals surface area contributed by atoms with Gasteiger partial charge in [-0.25, -0.2) is 4.98 Å². The van der Waals surface area contributed by atoms with E-state index in [1.54, 1.807) is 0 Å². The summed E-state index contributed by atoms with van der Waals surface area (Å²) in [6.45, 7) is 5.82. The van der Waals surface area contributed by atoms with Gasteiger partial charge in [-0.15, -0.1) is 24.0 Å². The molecule has 1 atom stereocenters. The van der Waals surface area contributed by atoms with Crippen LogP contribution >= 0.6 is 24.0 Å². The van der Waals surface area contributed by atoms with E-state index in [-0.39, 0.29) is 24.0 Å². The molecule has 7 heteroatoms. The fraction of sp³-hybridized carbons (Fsp3) is 0.360. The van der Waals surface area contributed by atoms with Crippen molar-refractivity contribution in [3.05, 3.63) is 83.9 Å². The number of aliphatic imine (C=N–C) groups is 1. The summed E-state index contributed by atoms with van der Waals surface area (Å²) in [5.41, 5.74) is 3.88. The lowest BCUT2D eigenvalue weighted by Gasteiger charge is -2.20. The van der Waals surface area contributed by atoms with Crippen LogP contribution in [0, 0.1) is 6.92 Å². The first kappa shape index (κ1) is 24.1. The zero-order valence-electron chi connectivity index (χ0n) is 18.9. The molecule has 6 nitrogen and oxygen atoms in total. The third kappa shape index (κ3) is 6.48. The lowest BCUT2D eigenvalue weighted by Crippen LogP contribution is -2.45. The highest BCUT2D eigenvalue weighted by Gasteiger charge is 2.23. The molecule has 1 unspecified atom stereocenters. The minimum atomic E-state index is 0. The van der Waals surface area contributed by atoms with Gasteiger partial charge in [-0.2, -0.15) is 0 Å². The normalized spacial score (nSPS) is 16.0. The number of aryl methyl sites for hydroxylation is 1. The quantitative estimate of drug-likeness (QED) is 0.270. The molecule has 3 aromatic rings. The molecule has 2 N–H and O–H groups in total. The van der Waals surface area contributed by atoms with Crippen molar-refractivity contribution >= 4 is 35.6 Å². The molecule has 1 aromatic heterocycles. The van der Waals surface area contributed by atoms with E-state index in [0.29, 0.717) is 6.04 Å². The van der Waals surface area contributed by atoms with Gasteiger partial charge < -0.3 is 20.1 Å². The molecule has 0 bridgehead atoms. The van der Waals surface area contributed by atoms with Crippen molar-refractivity contribution in [1.82, 2.24) is 20.2 Å². The van der Waals surface area contributed by atoms with Crippen LogP contribution in [0.1, 0.15) is 23.4 Å². The van der Waals surface area contributed by atoms with E-state index in [1.165, 1.54) is 16.8 Å². The summed E-state index contributed by atoms with van der Waals surface area (Å²) >= 11 is 0. The highest BCUT2D eigenvalue weighted by Crippen LogP contribution is 2.20. The Bertz CT molecular complexity index is 983. The van der Waals surface area contributed by atoms with Crippen LogP contribution < -0.4 is 15.5 Å². The van der Waals surface area contributed by atoms with Crippen LogP contribution in [0.5, 0.6) is 0 Å². The van der Waals surface area contributed by atoms with E-state index in [1.807, 2.05) is 25.5 Å². The number of halogens is 1. The second kappa shape index (κ2) is 11.9. The monoisotopic (exact) mass is 544 g/mol. The van der Waals surface area contributed by atoms with E-state index >= 15 is 0 Å². The minimum Gasteiger partial charge on any atom is -0.369 e. The van der Waals surface area contributed by atoms with Crippen LogP contribution in [-0.4, -0.2) is 48.2 Å². The third-order valence-electron chi connectivity index (χ3n) is 5.79. The number of hydrogen-bond donors (Lipinski definition) is 2. The Morgan fingerprint density at radius 1 is 1.12 bits per heavy atom. The zero-order chi connectivity index (χ0) is 21.5. The Balaban J connectivity index is 0.00000289. The number of guanidine groups is 1. The standard InChI is InChI=1S/C25H32N6.HI/c1-20-8-10-23(11-9-20)30-16-13-22(19-30)29-25(26-2)28-14-12-24-27-15-17-31(24)18-21-6-4-3-5-7-21;/h3-11,15,17,22H,12-14,16,18-19H2,1-2H3,(H2,26,28,29);1H. The second-order valence-electron chi connectivity index (χ2n) is 8.12. The summed E-state index contributed by atoms with van der Waals surface area (Å²) in [7, 11) is 1.83. The van der Waals surface area contributed by atoms with Gasteiger partial charge >= 0.3 is 0 Å². The number of anilines is 1. The van der Waals surface area contributed by atoms with Crippen molar-refractivity contribution in [2.75, 3.05) is 31.6 Å². The summed E-state index contributed by atoms with van der Waals surface area (Å²) in [6, 6.07) is 19.7. The van der Waals surface area contributed by atoms with Crippen LogP contribution in [0.4, 0.5) is 5.69 Å². The van der Waals surface area contributed by atoms with Crippen molar-refractivity contribution in [1.29, 1.82) is 0 Å². The van der Waals surface area contributed by atoms with Gasteiger partial charge in [0.15, 0.2) is 5.96 Å². The minimum absolute atomic E-state index is 0. The van der Waals surface area contributed by atoms with Gasteiger partial charge in [0.2, 0.25) is 0 Å². The van der Waals surface area contributed by atoms with Gasteiger partial charge in [-0.3, -0.25) is 4.99 Å². The molecule has 2 aromatic carbocycles. The molecule has 1 aliphatic heterocycles. The molecule has 1 saturated heterocycles. The first-order valence-electron chi connectivity index (χ1n) is 11.0. The first-order chi connectivity index (χ1) is 15.2. The van der Waals surface area contributed by atoms with Crippen LogP contribution in [0.3, 0.4) is 0 Å². The van der Waals surface area contributed by atoms with E-state index in [4.69, 9.17) is 0 Å². The molecule has 0 amide bonds. The molecule has 0 saturated carbocycles. The Hall–Kier alpha value is -2.55. The molecule has 1 fully saturated rings. The number of rotatable bonds is 7. The Kier molecular flexibility index (Phi) is 8.96. The molecule has 0 aliphatic carbocycles. The van der Waals surface area contributed by atoms with Crippen molar-refractivity contribution in [2.24, 2.45) is 4.99 Å². The van der Waals surface area contributed by atoms with Gasteiger partial charge in [0, 0.05) is 63.8 Å². The number of benzene rings is 2. The van der Waals surface area contributed by atoms with Gasteiger partial charge in [-0.1, -0.05) is 48.0 Å². The van der Waals surface area contributed by atoms with Crippen LogP contribution in [0.15, 0.2) is 72.0 Å². The van der Waals surface area contributed by atoms with E-state index in [2.05, 4.69) is 85.5 Å². The number of hydrogen-bond acceptors (Lipinski definition) is 3. The van der Waals surface area contributed by atoms with Gasteiger partial charge in [-0.05, 0) is 31.0 Å². The van der Waals surface area contributed by atoms with Crippen molar-refractivity contribution in [3.8, 4) is 0 Å². The predicted octanol–water partition coefficient (Wildman–Crippen LogP) is 3.84. The number of nitrogens with zero attached hydrogens (tertiary/aromatic N) is 4. The summed E-state index contributed by atoms with van der Waals surface area (Å²) in [4.78, 5) is 11.4. The molecule has 4 rings (SSSR count). The van der Waals surface area contributed by atoms with Gasteiger partial charge in [0.25, 0.3) is 0 Å². The van der Waals surface area contributed by atoms with Crippen LogP contribution in [0.25, 0.3) is 0 Å². The van der Waals surface area contributed by atoms with E-state index < -0.39 is 0 Å². The maximum absolute atomic E-state index is 4.54. The highest BCUT2D eigenvalue weighted by atomic mass is 127. The van der Waals surface area contributed by atoms with Crippen LogP contribution in [0.2, 0.25) is 0 Å². The average Bonchev–Trinajstić information content (AvgIpc) is 3.44. The van der Waals surface area contributed by atoms with E-state index in [9.17, 15) is 0 Å². The largest absolute Gasteiger partial charge is 0.369 e. The summed E-state index contributed by atoms with van der Waals surface area (Å²) in [5.74, 6) is 1.94. The zero-order valence-corrected chi connectivity index (χ0v) is 21.2. The first-order valence-corrected chi connectivity index (χ1v) is 11.0. The highest BCUT2D eigenvalue weighted by molar-refractivity contribution is 14.0. The molecule has 170 valence electrons. The Labute approximate surface area is 208 Å². The van der Waals surface area contributed by atoms with E-state index in [0.717, 1.165) is 50.8 Å². The molecule has 0 radical (unpaired) electrons. The number of nitrogens with one attached hydrogen (secondary N) is 2. The maximum Gasteiger partial charge on any atom is 0.191 e. The van der Waals surface area contributed by atoms with Gasteiger partial charge in [0.05, 0.1) is 0 Å². The van der Waals surface area contributed by atoms with Crippen LogP contribution in [-0.2, 0) is 13.0 Å².